The van der Waals surface area contributed by atoms with Gasteiger partial charge in [0.15, 0.2) is 0 Å². The fraction of sp³-hybridized carbons (Fsp3) is 0.261. The zero-order chi connectivity index (χ0) is 21.0. The number of imidazole rings is 1. The molecule has 1 fully saturated rings. The lowest BCUT2D eigenvalue weighted by molar-refractivity contribution is 0.0683. The number of likely N-dealkylation sites (tertiary alicyclic amines) is 1. The van der Waals surface area contributed by atoms with Crippen LogP contribution in [0.2, 0.25) is 0 Å². The Morgan fingerprint density at radius 3 is 2.65 bits per heavy atom. The third-order valence-corrected chi connectivity index (χ3v) is 5.81. The molecule has 2 aromatic carbocycles. The standard InChI is InChI=1S/C23H23N7O/c31-23(20-7-4-8-21(15-20)30-17-25-26-27-30)28-12-9-18(10-13-28)16-29-14-11-24-22(29)19-5-2-1-3-6-19/h1-8,11,14-15,17-18H,9-10,12-13,16H2. The number of carbonyl (C=O) groups is 1. The summed E-state index contributed by atoms with van der Waals surface area (Å²) in [6, 6.07) is 17.7. The third-order valence-electron chi connectivity index (χ3n) is 5.81. The molecule has 0 atom stereocenters. The van der Waals surface area contributed by atoms with Gasteiger partial charge in [0.05, 0.1) is 5.69 Å². The molecule has 0 radical (unpaired) electrons. The van der Waals surface area contributed by atoms with E-state index in [0.29, 0.717) is 11.5 Å². The molecule has 1 saturated heterocycles. The summed E-state index contributed by atoms with van der Waals surface area (Å²) < 4.78 is 3.78. The van der Waals surface area contributed by atoms with Crippen molar-refractivity contribution in [2.24, 2.45) is 5.92 Å². The monoisotopic (exact) mass is 413 g/mol. The first kappa shape index (κ1) is 19.2. The lowest BCUT2D eigenvalue weighted by Gasteiger charge is -2.32. The summed E-state index contributed by atoms with van der Waals surface area (Å²) in [5.41, 5.74) is 2.56. The van der Waals surface area contributed by atoms with Gasteiger partial charge in [-0.05, 0) is 47.4 Å². The Kier molecular flexibility index (Phi) is 5.26. The van der Waals surface area contributed by atoms with E-state index < -0.39 is 0 Å². The van der Waals surface area contributed by atoms with Crippen LogP contribution in [0.1, 0.15) is 23.2 Å². The molecule has 0 aliphatic carbocycles. The lowest BCUT2D eigenvalue weighted by atomic mass is 9.96. The second-order valence-electron chi connectivity index (χ2n) is 7.81. The van der Waals surface area contributed by atoms with Crippen LogP contribution in [-0.4, -0.2) is 53.7 Å². The van der Waals surface area contributed by atoms with Gasteiger partial charge < -0.3 is 9.47 Å². The van der Waals surface area contributed by atoms with Gasteiger partial charge >= 0.3 is 0 Å². The Morgan fingerprint density at radius 1 is 1.03 bits per heavy atom. The van der Waals surface area contributed by atoms with Gasteiger partial charge in [0.2, 0.25) is 0 Å². The number of hydrogen-bond acceptors (Lipinski definition) is 5. The molecule has 8 nitrogen and oxygen atoms in total. The van der Waals surface area contributed by atoms with Crippen molar-refractivity contribution in [2.75, 3.05) is 13.1 Å². The summed E-state index contributed by atoms with van der Waals surface area (Å²) >= 11 is 0. The van der Waals surface area contributed by atoms with Gasteiger partial charge in [-0.3, -0.25) is 4.79 Å². The van der Waals surface area contributed by atoms with Crippen LogP contribution in [0, 0.1) is 5.92 Å². The fourth-order valence-corrected chi connectivity index (χ4v) is 4.14. The number of hydrogen-bond donors (Lipinski definition) is 0. The van der Waals surface area contributed by atoms with E-state index in [1.54, 1.807) is 4.68 Å². The molecule has 31 heavy (non-hydrogen) atoms. The van der Waals surface area contributed by atoms with Crippen LogP contribution >= 0.6 is 0 Å². The highest BCUT2D eigenvalue weighted by Crippen LogP contribution is 2.24. The molecule has 1 aliphatic rings. The molecule has 0 unspecified atom stereocenters. The van der Waals surface area contributed by atoms with Crippen LogP contribution < -0.4 is 0 Å². The quantitative estimate of drug-likeness (QED) is 0.502. The van der Waals surface area contributed by atoms with Crippen molar-refractivity contribution in [1.82, 2.24) is 34.7 Å². The van der Waals surface area contributed by atoms with E-state index in [1.165, 1.54) is 6.33 Å². The Bertz CT molecular complexity index is 1150. The second kappa shape index (κ2) is 8.51. The van der Waals surface area contributed by atoms with Crippen LogP contribution in [0.4, 0.5) is 0 Å². The molecule has 0 N–H and O–H groups in total. The smallest absolute Gasteiger partial charge is 0.253 e. The van der Waals surface area contributed by atoms with Gasteiger partial charge in [-0.15, -0.1) is 5.10 Å². The minimum atomic E-state index is 0.0565. The van der Waals surface area contributed by atoms with Gasteiger partial charge in [0, 0.05) is 43.2 Å². The largest absolute Gasteiger partial charge is 0.339 e. The van der Waals surface area contributed by atoms with Crippen LogP contribution in [0.3, 0.4) is 0 Å². The molecule has 4 aromatic rings. The van der Waals surface area contributed by atoms with Gasteiger partial charge in [-0.25, -0.2) is 9.67 Å². The maximum atomic E-state index is 13.0. The second-order valence-corrected chi connectivity index (χ2v) is 7.81. The maximum absolute atomic E-state index is 13.0. The van der Waals surface area contributed by atoms with Crippen molar-refractivity contribution in [3.8, 4) is 17.1 Å². The molecule has 156 valence electrons. The normalized spacial score (nSPS) is 14.6. The summed E-state index contributed by atoms with van der Waals surface area (Å²) in [5.74, 6) is 1.58. The average Bonchev–Trinajstić information content (AvgIpc) is 3.52. The van der Waals surface area contributed by atoms with Crippen LogP contribution in [0.15, 0.2) is 73.3 Å². The SMILES string of the molecule is O=C(c1cccc(-n2cnnn2)c1)N1CCC(Cn2ccnc2-c2ccccc2)CC1. The molecule has 0 spiro atoms. The Morgan fingerprint density at radius 2 is 1.87 bits per heavy atom. The summed E-state index contributed by atoms with van der Waals surface area (Å²) in [7, 11) is 0. The predicted molar refractivity (Wildman–Crippen MR) is 115 cm³/mol. The van der Waals surface area contributed by atoms with Crippen molar-refractivity contribution in [1.29, 1.82) is 0 Å². The Balaban J connectivity index is 1.22. The number of carbonyl (C=O) groups excluding carboxylic acids is 1. The van der Waals surface area contributed by atoms with Crippen LogP contribution in [0.25, 0.3) is 17.1 Å². The highest BCUT2D eigenvalue weighted by molar-refractivity contribution is 5.94. The Labute approximate surface area is 180 Å². The van der Waals surface area contributed by atoms with E-state index in [4.69, 9.17) is 0 Å². The third kappa shape index (κ3) is 4.09. The van der Waals surface area contributed by atoms with Gasteiger partial charge in [0.25, 0.3) is 5.91 Å². The molecular weight excluding hydrogens is 390 g/mol. The first-order valence-electron chi connectivity index (χ1n) is 10.5. The van der Waals surface area contributed by atoms with E-state index in [2.05, 4.69) is 37.2 Å². The number of tetrazole rings is 1. The number of nitrogens with zero attached hydrogens (tertiary/aromatic N) is 7. The zero-order valence-corrected chi connectivity index (χ0v) is 17.1. The van der Waals surface area contributed by atoms with Crippen molar-refractivity contribution in [2.45, 2.75) is 19.4 Å². The lowest BCUT2D eigenvalue weighted by Crippen LogP contribution is -2.39. The first-order valence-corrected chi connectivity index (χ1v) is 10.5. The Hall–Kier alpha value is -3.81. The molecule has 3 heterocycles. The van der Waals surface area contributed by atoms with E-state index in [1.807, 2.05) is 59.8 Å². The predicted octanol–water partition coefficient (Wildman–Crippen LogP) is 3.08. The highest BCUT2D eigenvalue weighted by Gasteiger charge is 2.24. The van der Waals surface area contributed by atoms with E-state index in [-0.39, 0.29) is 5.91 Å². The van der Waals surface area contributed by atoms with Gasteiger partial charge in [-0.2, -0.15) is 0 Å². The highest BCUT2D eigenvalue weighted by atomic mass is 16.2. The molecule has 2 aromatic heterocycles. The van der Waals surface area contributed by atoms with Crippen molar-refractivity contribution < 1.29 is 4.79 Å². The minimum absolute atomic E-state index is 0.0565. The average molecular weight is 413 g/mol. The molecular formula is C23H23N7O. The van der Waals surface area contributed by atoms with Crippen molar-refractivity contribution in [3.05, 3.63) is 78.9 Å². The van der Waals surface area contributed by atoms with Gasteiger partial charge in [-0.1, -0.05) is 36.4 Å². The molecule has 1 aliphatic heterocycles. The topological polar surface area (TPSA) is 81.7 Å². The summed E-state index contributed by atoms with van der Waals surface area (Å²) in [4.78, 5) is 19.5. The molecule has 1 amide bonds. The first-order chi connectivity index (χ1) is 15.3. The summed E-state index contributed by atoms with van der Waals surface area (Å²) in [6.07, 6.45) is 7.38. The molecule has 5 rings (SSSR count). The van der Waals surface area contributed by atoms with Crippen LogP contribution in [0.5, 0.6) is 0 Å². The van der Waals surface area contributed by atoms with E-state index >= 15 is 0 Å². The zero-order valence-electron chi connectivity index (χ0n) is 17.1. The summed E-state index contributed by atoms with van der Waals surface area (Å²) in [5, 5.41) is 11.2. The van der Waals surface area contributed by atoms with Gasteiger partial charge in [0.1, 0.15) is 12.2 Å². The fourth-order valence-electron chi connectivity index (χ4n) is 4.14. The number of amides is 1. The number of piperidine rings is 1. The van der Waals surface area contributed by atoms with Crippen molar-refractivity contribution in [3.63, 3.8) is 0 Å². The number of aromatic nitrogens is 6. The molecule has 8 heteroatoms. The maximum Gasteiger partial charge on any atom is 0.253 e. The molecule has 0 bridgehead atoms. The van der Waals surface area contributed by atoms with Crippen molar-refractivity contribution >= 4 is 5.91 Å². The summed E-state index contributed by atoms with van der Waals surface area (Å²) in [6.45, 7) is 2.43. The molecule has 0 saturated carbocycles. The van der Waals surface area contributed by atoms with Crippen LogP contribution in [-0.2, 0) is 6.54 Å². The number of benzene rings is 2. The van der Waals surface area contributed by atoms with E-state index in [0.717, 1.165) is 49.6 Å². The van der Waals surface area contributed by atoms with E-state index in [9.17, 15) is 4.79 Å². The number of rotatable bonds is 5. The minimum Gasteiger partial charge on any atom is -0.339 e.